The zero-order valence-corrected chi connectivity index (χ0v) is 13.0. The van der Waals surface area contributed by atoms with E-state index in [-0.39, 0.29) is 0 Å². The van der Waals surface area contributed by atoms with Crippen LogP contribution in [0.15, 0.2) is 54.6 Å². The van der Waals surface area contributed by atoms with Gasteiger partial charge in [-0.1, -0.05) is 56.3 Å². The average Bonchev–Trinajstić information content (AvgIpc) is 2.51. The van der Waals surface area contributed by atoms with E-state index in [4.69, 9.17) is 4.74 Å². The first-order valence-electron chi connectivity index (χ1n) is 7.75. The van der Waals surface area contributed by atoms with Crippen LogP contribution in [0, 0.1) is 5.92 Å². The molecule has 0 aliphatic carbocycles. The van der Waals surface area contributed by atoms with E-state index in [0.717, 1.165) is 37.4 Å². The molecule has 0 aliphatic rings. The van der Waals surface area contributed by atoms with E-state index in [0.29, 0.717) is 5.92 Å². The van der Waals surface area contributed by atoms with Gasteiger partial charge in [0.25, 0.3) is 0 Å². The number of nitrogens with one attached hydrogen (secondary N) is 1. The largest absolute Gasteiger partial charge is 0.491 e. The highest BCUT2D eigenvalue weighted by Gasteiger charge is 2.03. The highest BCUT2D eigenvalue weighted by molar-refractivity contribution is 5.56. The standard InChI is InChI=1S/C19H25NO/c1-16(2)15-21-19-13-7-6-12-18(19)20-14-8-11-17-9-4-3-5-10-17/h3-7,9-10,12-13,16,20H,8,11,14-15H2,1-2H3. The first kappa shape index (κ1) is 15.4. The summed E-state index contributed by atoms with van der Waals surface area (Å²) in [5.74, 6) is 1.49. The average molecular weight is 283 g/mol. The number of anilines is 1. The predicted molar refractivity (Wildman–Crippen MR) is 90.0 cm³/mol. The minimum absolute atomic E-state index is 0.538. The van der Waals surface area contributed by atoms with Gasteiger partial charge in [-0.25, -0.2) is 0 Å². The lowest BCUT2D eigenvalue weighted by Gasteiger charge is -2.14. The van der Waals surface area contributed by atoms with E-state index in [1.54, 1.807) is 0 Å². The van der Waals surface area contributed by atoms with Gasteiger partial charge in [-0.05, 0) is 36.5 Å². The Balaban J connectivity index is 1.80. The molecule has 2 heteroatoms. The van der Waals surface area contributed by atoms with Crippen LogP contribution in [-0.4, -0.2) is 13.2 Å². The van der Waals surface area contributed by atoms with Crippen LogP contribution in [0.5, 0.6) is 5.75 Å². The molecule has 0 aromatic heterocycles. The normalized spacial score (nSPS) is 10.6. The van der Waals surface area contributed by atoms with Gasteiger partial charge in [-0.2, -0.15) is 0 Å². The summed E-state index contributed by atoms with van der Waals surface area (Å²) in [6.45, 7) is 6.03. The molecule has 0 fully saturated rings. The minimum atomic E-state index is 0.538. The monoisotopic (exact) mass is 283 g/mol. The molecule has 2 aromatic carbocycles. The van der Waals surface area contributed by atoms with E-state index in [9.17, 15) is 0 Å². The second-order valence-electron chi connectivity index (χ2n) is 5.72. The third-order valence-electron chi connectivity index (χ3n) is 3.26. The van der Waals surface area contributed by atoms with Crippen molar-refractivity contribution in [3.63, 3.8) is 0 Å². The Hall–Kier alpha value is -1.96. The topological polar surface area (TPSA) is 21.3 Å². The van der Waals surface area contributed by atoms with Gasteiger partial charge in [0.2, 0.25) is 0 Å². The fraction of sp³-hybridized carbons (Fsp3) is 0.368. The van der Waals surface area contributed by atoms with Crippen LogP contribution in [0.1, 0.15) is 25.8 Å². The summed E-state index contributed by atoms with van der Waals surface area (Å²) in [7, 11) is 0. The summed E-state index contributed by atoms with van der Waals surface area (Å²) in [6.07, 6.45) is 2.21. The summed E-state index contributed by atoms with van der Waals surface area (Å²) >= 11 is 0. The zero-order valence-electron chi connectivity index (χ0n) is 13.0. The first-order valence-corrected chi connectivity index (χ1v) is 7.75. The van der Waals surface area contributed by atoms with Crippen molar-refractivity contribution in [2.75, 3.05) is 18.5 Å². The minimum Gasteiger partial charge on any atom is -0.491 e. The van der Waals surface area contributed by atoms with Gasteiger partial charge in [0.05, 0.1) is 12.3 Å². The lowest BCUT2D eigenvalue weighted by atomic mass is 10.1. The maximum absolute atomic E-state index is 5.85. The number of para-hydroxylation sites is 2. The fourth-order valence-electron chi connectivity index (χ4n) is 2.16. The second kappa shape index (κ2) is 8.35. The quantitative estimate of drug-likeness (QED) is 0.705. The van der Waals surface area contributed by atoms with Gasteiger partial charge in [0, 0.05) is 6.54 Å². The number of ether oxygens (including phenoxy) is 1. The molecular formula is C19H25NO. The predicted octanol–water partition coefficient (Wildman–Crippen LogP) is 4.77. The number of aryl methyl sites for hydroxylation is 1. The molecule has 2 nitrogen and oxygen atoms in total. The Morgan fingerprint density at radius 3 is 2.43 bits per heavy atom. The van der Waals surface area contributed by atoms with Crippen molar-refractivity contribution >= 4 is 5.69 Å². The lowest BCUT2D eigenvalue weighted by molar-refractivity contribution is 0.272. The first-order chi connectivity index (χ1) is 10.3. The van der Waals surface area contributed by atoms with Crippen LogP contribution < -0.4 is 10.1 Å². The number of rotatable bonds is 8. The van der Waals surface area contributed by atoms with Gasteiger partial charge in [0.15, 0.2) is 0 Å². The van der Waals surface area contributed by atoms with Crippen molar-refractivity contribution in [2.24, 2.45) is 5.92 Å². The summed E-state index contributed by atoms with van der Waals surface area (Å²) in [5.41, 5.74) is 2.48. The highest BCUT2D eigenvalue weighted by atomic mass is 16.5. The fourth-order valence-corrected chi connectivity index (χ4v) is 2.16. The Kier molecular flexibility index (Phi) is 6.14. The van der Waals surface area contributed by atoms with Crippen molar-refractivity contribution in [1.29, 1.82) is 0 Å². The second-order valence-corrected chi connectivity index (χ2v) is 5.72. The van der Waals surface area contributed by atoms with E-state index in [1.807, 2.05) is 18.2 Å². The molecule has 2 aromatic rings. The van der Waals surface area contributed by atoms with Crippen molar-refractivity contribution < 1.29 is 4.74 Å². The summed E-state index contributed by atoms with van der Waals surface area (Å²) in [5, 5.41) is 3.48. The Morgan fingerprint density at radius 1 is 0.952 bits per heavy atom. The van der Waals surface area contributed by atoms with Crippen molar-refractivity contribution in [1.82, 2.24) is 0 Å². The number of benzene rings is 2. The van der Waals surface area contributed by atoms with Crippen molar-refractivity contribution in [3.05, 3.63) is 60.2 Å². The van der Waals surface area contributed by atoms with Gasteiger partial charge < -0.3 is 10.1 Å². The van der Waals surface area contributed by atoms with E-state index in [2.05, 4.69) is 55.6 Å². The molecular weight excluding hydrogens is 258 g/mol. The van der Waals surface area contributed by atoms with Crippen LogP contribution >= 0.6 is 0 Å². The van der Waals surface area contributed by atoms with Crippen LogP contribution in [0.25, 0.3) is 0 Å². The molecule has 0 atom stereocenters. The molecule has 0 bridgehead atoms. The summed E-state index contributed by atoms with van der Waals surface area (Å²) in [4.78, 5) is 0. The summed E-state index contributed by atoms with van der Waals surface area (Å²) < 4.78 is 5.85. The Labute approximate surface area is 128 Å². The van der Waals surface area contributed by atoms with E-state index >= 15 is 0 Å². The van der Waals surface area contributed by atoms with Gasteiger partial charge in [-0.3, -0.25) is 0 Å². The Bertz CT molecular complexity index is 522. The molecule has 0 amide bonds. The molecule has 2 rings (SSSR count). The SMILES string of the molecule is CC(C)COc1ccccc1NCCCc1ccccc1. The van der Waals surface area contributed by atoms with Crippen LogP contribution in [-0.2, 0) is 6.42 Å². The van der Waals surface area contributed by atoms with Gasteiger partial charge >= 0.3 is 0 Å². The van der Waals surface area contributed by atoms with Gasteiger partial charge in [0.1, 0.15) is 5.75 Å². The van der Waals surface area contributed by atoms with Crippen LogP contribution in [0.2, 0.25) is 0 Å². The molecule has 0 spiro atoms. The van der Waals surface area contributed by atoms with E-state index in [1.165, 1.54) is 5.56 Å². The molecule has 0 radical (unpaired) electrons. The van der Waals surface area contributed by atoms with Crippen LogP contribution in [0.3, 0.4) is 0 Å². The number of hydrogen-bond donors (Lipinski definition) is 1. The van der Waals surface area contributed by atoms with Crippen LogP contribution in [0.4, 0.5) is 5.69 Å². The molecule has 1 N–H and O–H groups in total. The number of hydrogen-bond acceptors (Lipinski definition) is 2. The third kappa shape index (κ3) is 5.50. The maximum Gasteiger partial charge on any atom is 0.142 e. The zero-order chi connectivity index (χ0) is 14.9. The van der Waals surface area contributed by atoms with Gasteiger partial charge in [-0.15, -0.1) is 0 Å². The maximum atomic E-state index is 5.85. The molecule has 0 saturated carbocycles. The third-order valence-corrected chi connectivity index (χ3v) is 3.26. The molecule has 0 aliphatic heterocycles. The molecule has 0 heterocycles. The Morgan fingerprint density at radius 2 is 1.67 bits per heavy atom. The highest BCUT2D eigenvalue weighted by Crippen LogP contribution is 2.24. The molecule has 0 saturated heterocycles. The molecule has 21 heavy (non-hydrogen) atoms. The molecule has 112 valence electrons. The summed E-state index contributed by atoms with van der Waals surface area (Å²) in [6, 6.07) is 18.8. The smallest absolute Gasteiger partial charge is 0.142 e. The van der Waals surface area contributed by atoms with Crippen molar-refractivity contribution in [3.8, 4) is 5.75 Å². The molecule has 0 unspecified atom stereocenters. The van der Waals surface area contributed by atoms with E-state index < -0.39 is 0 Å². The van der Waals surface area contributed by atoms with Crippen molar-refractivity contribution in [2.45, 2.75) is 26.7 Å². The lowest BCUT2D eigenvalue weighted by Crippen LogP contribution is -2.08.